The smallest absolute Gasteiger partial charge is 0.255 e. The Balaban J connectivity index is 0.727. The summed E-state index contributed by atoms with van der Waals surface area (Å²) in [7, 11) is 0. The number of β-amino-alcohol motifs (C(OH)–C–C–N with tert-alkyl or cyclic N) is 1. The largest absolute Gasteiger partial charge is 0.388 e. The van der Waals surface area contributed by atoms with Crippen molar-refractivity contribution >= 4 is 52.2 Å². The third kappa shape index (κ3) is 6.81. The summed E-state index contributed by atoms with van der Waals surface area (Å²) in [4.78, 5) is 67.8. The van der Waals surface area contributed by atoms with Crippen LogP contribution in [0.2, 0.25) is 0 Å². The monoisotopic (exact) mass is 798 g/mol. The summed E-state index contributed by atoms with van der Waals surface area (Å²) in [5.41, 5.74) is 6.83. The zero-order valence-electron chi connectivity index (χ0n) is 32.3. The van der Waals surface area contributed by atoms with E-state index in [1.165, 1.54) is 12.1 Å². The third-order valence-electron chi connectivity index (χ3n) is 12.5. The number of piperidine rings is 2. The van der Waals surface area contributed by atoms with Crippen molar-refractivity contribution in [2.45, 2.75) is 50.4 Å². The van der Waals surface area contributed by atoms with Crippen LogP contribution in [0.25, 0.3) is 16.9 Å². The first-order valence-electron chi connectivity index (χ1n) is 20.1. The molecule has 302 valence electrons. The van der Waals surface area contributed by atoms with Crippen LogP contribution < -0.4 is 25.8 Å². The van der Waals surface area contributed by atoms with Gasteiger partial charge in [-0.05, 0) is 72.9 Å². The first-order chi connectivity index (χ1) is 28.6. The molecule has 0 aliphatic carbocycles. The van der Waals surface area contributed by atoms with Crippen molar-refractivity contribution in [3.8, 4) is 11.3 Å². The number of imide groups is 1. The number of benzene rings is 2. The van der Waals surface area contributed by atoms with E-state index in [4.69, 9.17) is 0 Å². The van der Waals surface area contributed by atoms with Crippen LogP contribution in [-0.4, -0.2) is 110 Å². The van der Waals surface area contributed by atoms with E-state index >= 15 is 0 Å². The average molecular weight is 799 g/mol. The maximum atomic E-state index is 13.8. The zero-order valence-corrected chi connectivity index (χ0v) is 32.3. The molecule has 4 N–H and O–H groups in total. The molecule has 8 heterocycles. The highest BCUT2D eigenvalue weighted by molar-refractivity contribution is 6.06. The van der Waals surface area contributed by atoms with Crippen molar-refractivity contribution < 1.29 is 28.7 Å². The average Bonchev–Trinajstić information content (AvgIpc) is 3.93. The molecule has 10 rings (SSSR count). The number of carbonyl (C=O) groups excluding carboxylic acids is 4. The molecular formula is C43H43FN10O5. The molecule has 1 atom stereocenters. The van der Waals surface area contributed by atoms with Gasteiger partial charge in [0.15, 0.2) is 0 Å². The number of piperazine rings is 1. The summed E-state index contributed by atoms with van der Waals surface area (Å²) < 4.78 is 15.6. The molecule has 59 heavy (non-hydrogen) atoms. The van der Waals surface area contributed by atoms with Crippen molar-refractivity contribution in [2.75, 3.05) is 60.9 Å². The number of hydrogen-bond donors (Lipinski definition) is 4. The van der Waals surface area contributed by atoms with Gasteiger partial charge in [-0.1, -0.05) is 6.07 Å². The Bertz CT molecular complexity index is 2530. The zero-order chi connectivity index (χ0) is 40.4. The van der Waals surface area contributed by atoms with Crippen LogP contribution in [0.15, 0.2) is 73.2 Å². The van der Waals surface area contributed by atoms with E-state index < -0.39 is 17.6 Å². The maximum absolute atomic E-state index is 13.8. The fourth-order valence-corrected chi connectivity index (χ4v) is 9.31. The van der Waals surface area contributed by atoms with Crippen LogP contribution in [0, 0.1) is 5.82 Å². The number of fused-ring (bicyclic) bond motifs is 3. The second-order valence-corrected chi connectivity index (χ2v) is 16.2. The second kappa shape index (κ2) is 14.5. The van der Waals surface area contributed by atoms with Gasteiger partial charge >= 0.3 is 0 Å². The fraction of sp³-hybridized carbons (Fsp3) is 0.349. The highest BCUT2D eigenvalue weighted by Crippen LogP contribution is 2.36. The summed E-state index contributed by atoms with van der Waals surface area (Å²) in [6.07, 6.45) is 6.97. The summed E-state index contributed by atoms with van der Waals surface area (Å²) in [6, 6.07) is 15.7. The Labute approximate surface area is 338 Å². The number of nitrogens with one attached hydrogen (secondary N) is 3. The topological polar surface area (TPSA) is 168 Å². The number of aliphatic hydroxyl groups is 1. The lowest BCUT2D eigenvalue weighted by molar-refractivity contribution is -0.136. The number of hydrogen-bond acceptors (Lipinski definition) is 11. The molecule has 3 fully saturated rings. The first-order valence-corrected chi connectivity index (χ1v) is 20.1. The number of aromatic nitrogens is 3. The summed E-state index contributed by atoms with van der Waals surface area (Å²) in [5.74, 6) is -0.817. The van der Waals surface area contributed by atoms with Crippen molar-refractivity contribution in [2.24, 2.45) is 0 Å². The lowest BCUT2D eigenvalue weighted by Gasteiger charge is -2.44. The van der Waals surface area contributed by atoms with Gasteiger partial charge in [0, 0.05) is 94.4 Å². The number of rotatable bonds is 8. The molecule has 16 heteroatoms. The minimum absolute atomic E-state index is 0.171. The molecule has 4 amide bonds. The van der Waals surface area contributed by atoms with E-state index in [2.05, 4.69) is 40.6 Å². The van der Waals surface area contributed by atoms with Crippen molar-refractivity contribution in [1.82, 2.24) is 34.8 Å². The molecule has 0 spiro atoms. The Morgan fingerprint density at radius 3 is 2.42 bits per heavy atom. The van der Waals surface area contributed by atoms with Gasteiger partial charge in [0.2, 0.25) is 11.8 Å². The van der Waals surface area contributed by atoms with Crippen molar-refractivity contribution in [3.63, 3.8) is 0 Å². The second-order valence-electron chi connectivity index (χ2n) is 16.2. The highest BCUT2D eigenvalue weighted by Gasteiger charge is 2.40. The number of imidazole rings is 1. The summed E-state index contributed by atoms with van der Waals surface area (Å²) >= 11 is 0. The standard InChI is InChI=1S/C43H43FN10O5/c44-27-9-12-53-35(23-46-37(53)20-27)31-4-5-33(39-32(31)22-47-41(39)57)48-36-7-2-29(21-45-36)51-13-10-43(59,11-14-51)25-50-15-17-52(18-16-50)28-1-3-30-26(19-28)24-54(42(30)58)34-6-8-38(55)49-40(34)56/h1-5,7,9,12,19-21,23,34,59H,6,8,10-11,13-18,22,24-25H2,(H,45,48)(H,47,57)(H,49,55,56). The predicted molar refractivity (Wildman–Crippen MR) is 217 cm³/mol. The third-order valence-corrected chi connectivity index (χ3v) is 12.5. The lowest BCUT2D eigenvalue weighted by atomic mass is 9.90. The molecule has 1 unspecified atom stereocenters. The van der Waals surface area contributed by atoms with E-state index in [9.17, 15) is 28.7 Å². The van der Waals surface area contributed by atoms with Crippen molar-refractivity contribution in [1.29, 1.82) is 0 Å². The van der Waals surface area contributed by atoms with Crippen molar-refractivity contribution in [3.05, 3.63) is 101 Å². The van der Waals surface area contributed by atoms with E-state index in [1.807, 2.05) is 53.1 Å². The molecule has 5 aliphatic heterocycles. The number of amides is 4. The van der Waals surface area contributed by atoms with Gasteiger partial charge in [0.05, 0.1) is 40.6 Å². The van der Waals surface area contributed by atoms with Crippen LogP contribution in [0.4, 0.5) is 27.3 Å². The summed E-state index contributed by atoms with van der Waals surface area (Å²) in [5, 5.41) is 20.3. The van der Waals surface area contributed by atoms with Crippen LogP contribution in [0.1, 0.15) is 57.5 Å². The molecule has 2 aromatic carbocycles. The van der Waals surface area contributed by atoms with Gasteiger partial charge in [0.25, 0.3) is 11.8 Å². The molecule has 3 aromatic heterocycles. The van der Waals surface area contributed by atoms with Gasteiger partial charge in [-0.3, -0.25) is 33.8 Å². The van der Waals surface area contributed by atoms with Gasteiger partial charge in [-0.15, -0.1) is 0 Å². The Morgan fingerprint density at radius 2 is 1.64 bits per heavy atom. The summed E-state index contributed by atoms with van der Waals surface area (Å²) in [6.45, 7) is 5.90. The van der Waals surface area contributed by atoms with Crippen LogP contribution >= 0.6 is 0 Å². The lowest BCUT2D eigenvalue weighted by Crippen LogP contribution is -2.55. The van der Waals surface area contributed by atoms with Gasteiger partial charge in [0.1, 0.15) is 23.3 Å². The fourth-order valence-electron chi connectivity index (χ4n) is 9.31. The molecule has 0 radical (unpaired) electrons. The van der Waals surface area contributed by atoms with Crippen LogP contribution in [0.3, 0.4) is 0 Å². The van der Waals surface area contributed by atoms with Gasteiger partial charge < -0.3 is 30.4 Å². The van der Waals surface area contributed by atoms with E-state index in [1.54, 1.807) is 17.3 Å². The Hall–Kier alpha value is -6.39. The van der Waals surface area contributed by atoms with E-state index in [0.29, 0.717) is 80.3 Å². The minimum atomic E-state index is -0.798. The van der Waals surface area contributed by atoms with Gasteiger partial charge in [-0.2, -0.15) is 0 Å². The number of carbonyl (C=O) groups is 4. The molecule has 5 aliphatic rings. The molecule has 0 bridgehead atoms. The molecule has 15 nitrogen and oxygen atoms in total. The van der Waals surface area contributed by atoms with E-state index in [-0.39, 0.29) is 30.0 Å². The molecule has 3 saturated heterocycles. The Kier molecular flexibility index (Phi) is 9.05. The quantitative estimate of drug-likeness (QED) is 0.170. The van der Waals surface area contributed by atoms with Gasteiger partial charge in [-0.25, -0.2) is 14.4 Å². The Morgan fingerprint density at radius 1 is 0.864 bits per heavy atom. The van der Waals surface area contributed by atoms with Crippen LogP contribution in [-0.2, 0) is 22.7 Å². The number of anilines is 4. The normalized spacial score (nSPS) is 20.5. The maximum Gasteiger partial charge on any atom is 0.255 e. The SMILES string of the molecule is O=C1CCC(N2Cc3cc(N4CCN(CC5(O)CCN(c6ccc(Nc7ccc(-c8cnc9cc(F)ccn89)c8c7C(=O)NC8)nc6)CC5)CC4)ccc3C2=O)C(=O)N1. The van der Waals surface area contributed by atoms with E-state index in [0.717, 1.165) is 59.9 Å². The minimum Gasteiger partial charge on any atom is -0.388 e. The number of halogens is 1. The first kappa shape index (κ1) is 36.9. The number of pyridine rings is 2. The van der Waals surface area contributed by atoms with Crippen LogP contribution in [0.5, 0.6) is 0 Å². The predicted octanol–water partition coefficient (Wildman–Crippen LogP) is 3.44. The molecular weight excluding hydrogens is 756 g/mol. The highest BCUT2D eigenvalue weighted by atomic mass is 19.1. The molecule has 5 aromatic rings. The number of nitrogens with zero attached hydrogens (tertiary/aromatic N) is 7. The molecule has 0 saturated carbocycles.